The number of halogens is 1. The normalized spacial score (nSPS) is 11.3. The van der Waals surface area contributed by atoms with Gasteiger partial charge < -0.3 is 14.8 Å². The summed E-state index contributed by atoms with van der Waals surface area (Å²) in [6.07, 6.45) is 4.45. The minimum atomic E-state index is -0.629. The van der Waals surface area contributed by atoms with Crippen molar-refractivity contribution in [1.82, 2.24) is 10.8 Å². The molecule has 35 heavy (non-hydrogen) atoms. The number of benzene rings is 3. The van der Waals surface area contributed by atoms with Crippen molar-refractivity contribution in [2.75, 3.05) is 14.2 Å². The highest BCUT2D eigenvalue weighted by atomic mass is 19.1. The van der Waals surface area contributed by atoms with Gasteiger partial charge in [-0.15, -0.1) is 0 Å². The van der Waals surface area contributed by atoms with E-state index < -0.39 is 11.7 Å². The van der Waals surface area contributed by atoms with E-state index in [9.17, 15) is 14.0 Å². The van der Waals surface area contributed by atoms with Crippen molar-refractivity contribution in [1.29, 1.82) is 0 Å². The Morgan fingerprint density at radius 2 is 1.57 bits per heavy atom. The highest BCUT2D eigenvalue weighted by Gasteiger charge is 2.14. The van der Waals surface area contributed by atoms with Gasteiger partial charge in [0, 0.05) is 18.2 Å². The van der Waals surface area contributed by atoms with Gasteiger partial charge in [-0.25, -0.2) is 9.87 Å². The van der Waals surface area contributed by atoms with Gasteiger partial charge in [0.1, 0.15) is 5.82 Å². The van der Waals surface area contributed by atoms with Crippen LogP contribution >= 0.6 is 0 Å². The summed E-state index contributed by atoms with van der Waals surface area (Å²) < 4.78 is 24.1. The number of methoxy groups -OCH3 is 2. The zero-order valence-electron chi connectivity index (χ0n) is 19.2. The molecular weight excluding hydrogens is 451 g/mol. The van der Waals surface area contributed by atoms with Gasteiger partial charge in [0.05, 0.1) is 14.2 Å². The van der Waals surface area contributed by atoms with Crippen LogP contribution in [0.4, 0.5) is 4.39 Å². The molecular formula is C27H25FN2O5. The summed E-state index contributed by atoms with van der Waals surface area (Å²) >= 11 is 0. The fourth-order valence-corrected chi connectivity index (χ4v) is 3.25. The third-order valence-electron chi connectivity index (χ3n) is 5.09. The summed E-state index contributed by atoms with van der Waals surface area (Å²) in [5.74, 6) is -0.283. The van der Waals surface area contributed by atoms with E-state index in [1.54, 1.807) is 61.7 Å². The molecule has 3 N–H and O–H groups in total. The number of carbonyl (C=O) groups is 2. The smallest absolute Gasteiger partial charge is 0.267 e. The third kappa shape index (κ3) is 7.02. The number of carbonyl (C=O) groups excluding carboxylic acids is 2. The average Bonchev–Trinajstić information content (AvgIpc) is 2.89. The summed E-state index contributed by atoms with van der Waals surface area (Å²) in [6.45, 7) is 0.254. The van der Waals surface area contributed by atoms with E-state index in [1.807, 2.05) is 12.1 Å². The molecule has 0 saturated carbocycles. The summed E-state index contributed by atoms with van der Waals surface area (Å²) in [4.78, 5) is 24.2. The lowest BCUT2D eigenvalue weighted by Gasteiger charge is -2.12. The molecule has 0 aliphatic rings. The van der Waals surface area contributed by atoms with Crippen LogP contribution in [-0.2, 0) is 16.1 Å². The number of hydroxylamine groups is 1. The molecule has 0 aliphatic heterocycles. The highest BCUT2D eigenvalue weighted by molar-refractivity contribution is 6.24. The molecule has 0 atom stereocenters. The topological polar surface area (TPSA) is 96.9 Å². The predicted octanol–water partition coefficient (Wildman–Crippen LogP) is 4.22. The summed E-state index contributed by atoms with van der Waals surface area (Å²) in [5, 5.41) is 11.4. The Balaban J connectivity index is 1.81. The van der Waals surface area contributed by atoms with Crippen LogP contribution < -0.4 is 20.3 Å². The molecule has 0 spiro atoms. The standard InChI is InChI=1S/C27H25FN2O5/c1-34-24-13-7-20(16-25(24)35-2)15-23(21-9-11-22(28)12-10-21)27(32)29-17-19-5-3-18(4-6-19)8-14-26(31)30-33/h3-16,33H,17H2,1-2H3,(H,29,32)(H,30,31)/b14-8+,23-15-. The maximum Gasteiger partial charge on any atom is 0.267 e. The zero-order chi connectivity index (χ0) is 25.2. The van der Waals surface area contributed by atoms with Gasteiger partial charge in [-0.3, -0.25) is 14.8 Å². The summed E-state index contributed by atoms with van der Waals surface area (Å²) in [7, 11) is 3.07. The minimum absolute atomic E-state index is 0.254. The molecule has 7 nitrogen and oxygen atoms in total. The molecule has 0 unspecified atom stereocenters. The Kier molecular flexibility index (Phi) is 8.75. The van der Waals surface area contributed by atoms with Crippen LogP contribution in [0.25, 0.3) is 17.7 Å². The SMILES string of the molecule is COc1ccc(/C=C(\C(=O)NCc2ccc(/C=C/C(=O)NO)cc2)c2ccc(F)cc2)cc1OC. The van der Waals surface area contributed by atoms with Gasteiger partial charge in [0.25, 0.3) is 11.8 Å². The van der Waals surface area contributed by atoms with Gasteiger partial charge in [0.15, 0.2) is 11.5 Å². The first-order valence-electron chi connectivity index (χ1n) is 10.6. The van der Waals surface area contributed by atoms with E-state index in [1.165, 1.54) is 30.8 Å². The van der Waals surface area contributed by atoms with Gasteiger partial charge in [-0.2, -0.15) is 0 Å². The Bertz CT molecular complexity index is 1240. The van der Waals surface area contributed by atoms with E-state index in [0.29, 0.717) is 28.2 Å². The van der Waals surface area contributed by atoms with Crippen molar-refractivity contribution in [2.45, 2.75) is 6.54 Å². The van der Waals surface area contributed by atoms with Crippen LogP contribution in [0.15, 0.2) is 72.8 Å². The molecule has 3 aromatic rings. The van der Waals surface area contributed by atoms with Crippen LogP contribution in [0.5, 0.6) is 11.5 Å². The van der Waals surface area contributed by atoms with Gasteiger partial charge in [-0.1, -0.05) is 42.5 Å². The second-order valence-electron chi connectivity index (χ2n) is 7.41. The van der Waals surface area contributed by atoms with E-state index >= 15 is 0 Å². The Labute approximate surface area is 202 Å². The van der Waals surface area contributed by atoms with Crippen molar-refractivity contribution in [3.05, 3.63) is 101 Å². The Hall–Kier alpha value is -4.43. The number of hydrogen-bond acceptors (Lipinski definition) is 5. The van der Waals surface area contributed by atoms with E-state index in [0.717, 1.165) is 11.1 Å². The Morgan fingerprint density at radius 3 is 2.20 bits per heavy atom. The second kappa shape index (κ2) is 12.2. The molecule has 8 heteroatoms. The summed E-state index contributed by atoms with van der Waals surface area (Å²) in [5.41, 5.74) is 4.74. The molecule has 0 saturated heterocycles. The molecule has 3 aromatic carbocycles. The molecule has 0 aromatic heterocycles. The lowest BCUT2D eigenvalue weighted by molar-refractivity contribution is -0.124. The first-order valence-corrected chi connectivity index (χ1v) is 10.6. The van der Waals surface area contributed by atoms with Crippen LogP contribution in [-0.4, -0.2) is 31.2 Å². The van der Waals surface area contributed by atoms with Crippen LogP contribution in [0.1, 0.15) is 22.3 Å². The van der Waals surface area contributed by atoms with Crippen molar-refractivity contribution >= 4 is 29.5 Å². The highest BCUT2D eigenvalue weighted by Crippen LogP contribution is 2.29. The largest absolute Gasteiger partial charge is 0.493 e. The van der Waals surface area contributed by atoms with Crippen molar-refractivity contribution < 1.29 is 28.7 Å². The number of ether oxygens (including phenoxy) is 2. The lowest BCUT2D eigenvalue weighted by atomic mass is 10.0. The van der Waals surface area contributed by atoms with E-state index in [4.69, 9.17) is 14.7 Å². The first-order chi connectivity index (χ1) is 16.9. The van der Waals surface area contributed by atoms with Gasteiger partial charge in [-0.05, 0) is 58.7 Å². The van der Waals surface area contributed by atoms with E-state index in [-0.39, 0.29) is 12.5 Å². The molecule has 2 amide bonds. The quantitative estimate of drug-likeness (QED) is 0.186. The molecule has 0 fully saturated rings. The van der Waals surface area contributed by atoms with Crippen molar-refractivity contribution in [3.63, 3.8) is 0 Å². The summed E-state index contributed by atoms with van der Waals surface area (Å²) in [6, 6.07) is 18.2. The Morgan fingerprint density at radius 1 is 0.914 bits per heavy atom. The molecule has 180 valence electrons. The maximum absolute atomic E-state index is 13.5. The predicted molar refractivity (Wildman–Crippen MR) is 131 cm³/mol. The number of nitrogens with one attached hydrogen (secondary N) is 2. The molecule has 0 heterocycles. The first kappa shape index (κ1) is 25.2. The van der Waals surface area contributed by atoms with Crippen molar-refractivity contribution in [2.24, 2.45) is 0 Å². The second-order valence-corrected chi connectivity index (χ2v) is 7.41. The maximum atomic E-state index is 13.5. The number of rotatable bonds is 9. The molecule has 0 aliphatic carbocycles. The number of hydrogen-bond donors (Lipinski definition) is 3. The van der Waals surface area contributed by atoms with Crippen LogP contribution in [0.2, 0.25) is 0 Å². The fraction of sp³-hybridized carbons (Fsp3) is 0.111. The lowest BCUT2D eigenvalue weighted by Crippen LogP contribution is -2.23. The van der Waals surface area contributed by atoms with Gasteiger partial charge in [0.2, 0.25) is 0 Å². The zero-order valence-corrected chi connectivity index (χ0v) is 19.2. The third-order valence-corrected chi connectivity index (χ3v) is 5.09. The van der Waals surface area contributed by atoms with Gasteiger partial charge >= 0.3 is 0 Å². The molecule has 0 radical (unpaired) electrons. The van der Waals surface area contributed by atoms with Crippen LogP contribution in [0, 0.1) is 5.82 Å². The average molecular weight is 477 g/mol. The fourth-order valence-electron chi connectivity index (χ4n) is 3.25. The number of amides is 2. The van der Waals surface area contributed by atoms with Crippen molar-refractivity contribution in [3.8, 4) is 11.5 Å². The minimum Gasteiger partial charge on any atom is -0.493 e. The monoisotopic (exact) mass is 476 g/mol. The van der Waals surface area contributed by atoms with E-state index in [2.05, 4.69) is 5.32 Å². The van der Waals surface area contributed by atoms with Crippen LogP contribution in [0.3, 0.4) is 0 Å². The molecule has 0 bridgehead atoms. The molecule has 3 rings (SSSR count).